The smallest absolute Gasteiger partial charge is 0.335 e. The molecule has 3 atom stereocenters. The van der Waals surface area contributed by atoms with Gasteiger partial charge in [-0.25, -0.2) is 9.59 Å². The van der Waals surface area contributed by atoms with Crippen LogP contribution < -0.4 is 5.32 Å². The van der Waals surface area contributed by atoms with E-state index in [2.05, 4.69) is 24.1 Å². The number of halogens is 2. The Hall–Kier alpha value is -1.42. The summed E-state index contributed by atoms with van der Waals surface area (Å²) in [5.74, 6) is -2.10. The van der Waals surface area contributed by atoms with Crippen molar-refractivity contribution < 1.29 is 30.0 Å². The van der Waals surface area contributed by atoms with Crippen LogP contribution in [0.25, 0.3) is 0 Å². The maximum atomic E-state index is 9.77. The fourth-order valence-electron chi connectivity index (χ4n) is 3.19. The number of benzene rings is 1. The second kappa shape index (κ2) is 13.1. The number of nitrogens with one attached hydrogen (secondary N) is 1. The molecule has 1 aromatic rings. The second-order valence-electron chi connectivity index (χ2n) is 7.79. The van der Waals surface area contributed by atoms with Crippen LogP contribution in [0.3, 0.4) is 0 Å². The molecule has 8 nitrogen and oxygen atoms in total. The first-order valence-corrected chi connectivity index (χ1v) is 10.4. The van der Waals surface area contributed by atoms with Crippen molar-refractivity contribution >= 4 is 35.1 Å². The summed E-state index contributed by atoms with van der Waals surface area (Å²) in [5, 5.41) is 37.4. The predicted molar refractivity (Wildman–Crippen MR) is 115 cm³/mol. The van der Waals surface area contributed by atoms with Crippen molar-refractivity contribution in [2.45, 2.75) is 39.0 Å². The third kappa shape index (κ3) is 10.1. The number of aliphatic hydroxyl groups is 2. The Morgan fingerprint density at radius 2 is 1.63 bits per heavy atom. The highest BCUT2D eigenvalue weighted by molar-refractivity contribution is 6.34. The standard InChI is InChI=1S/C16H24Cl2N2.C4H6O6/c1-12(2)9-20(10-13-3-4-19-8-13)11-14-5-15(17)7-16(18)6-14;5-1(3(7)8)2(6)4(9)10/h5-7,12-13,19H,3-4,8-11H2,1-2H3;1-2,5-6H,(H,7,8)(H,9,10)/t13-;1-,2-/m11/s1. The molecule has 1 fully saturated rings. The molecule has 0 spiro atoms. The number of aliphatic carboxylic acids is 2. The van der Waals surface area contributed by atoms with Crippen LogP contribution in [0, 0.1) is 11.8 Å². The maximum absolute atomic E-state index is 9.77. The van der Waals surface area contributed by atoms with Crippen molar-refractivity contribution in [2.75, 3.05) is 26.2 Å². The number of hydrogen-bond donors (Lipinski definition) is 5. The Kier molecular flexibility index (Phi) is 11.6. The lowest BCUT2D eigenvalue weighted by molar-refractivity contribution is -0.165. The first-order chi connectivity index (χ1) is 14.0. The zero-order chi connectivity index (χ0) is 22.8. The first kappa shape index (κ1) is 26.6. The Labute approximate surface area is 186 Å². The summed E-state index contributed by atoms with van der Waals surface area (Å²) in [5.41, 5.74) is 1.20. The topological polar surface area (TPSA) is 130 Å². The van der Waals surface area contributed by atoms with Gasteiger partial charge in [0.25, 0.3) is 0 Å². The molecule has 0 bridgehead atoms. The molecular weight excluding hydrogens is 435 g/mol. The van der Waals surface area contributed by atoms with Crippen molar-refractivity contribution in [1.82, 2.24) is 10.2 Å². The summed E-state index contributed by atoms with van der Waals surface area (Å²) < 4.78 is 0. The maximum Gasteiger partial charge on any atom is 0.335 e. The molecule has 5 N–H and O–H groups in total. The second-order valence-corrected chi connectivity index (χ2v) is 8.66. The Bertz CT molecular complexity index is 660. The zero-order valence-corrected chi connectivity index (χ0v) is 18.6. The molecule has 170 valence electrons. The fourth-order valence-corrected chi connectivity index (χ4v) is 3.76. The average Bonchev–Trinajstić information content (AvgIpc) is 3.12. The van der Waals surface area contributed by atoms with E-state index in [1.807, 2.05) is 12.1 Å². The molecule has 30 heavy (non-hydrogen) atoms. The van der Waals surface area contributed by atoms with Gasteiger partial charge in [-0.15, -0.1) is 0 Å². The van der Waals surface area contributed by atoms with Crippen molar-refractivity contribution in [3.05, 3.63) is 33.8 Å². The van der Waals surface area contributed by atoms with Crippen LogP contribution in [-0.4, -0.2) is 75.7 Å². The van der Waals surface area contributed by atoms with Crippen LogP contribution in [0.1, 0.15) is 25.8 Å². The van der Waals surface area contributed by atoms with E-state index in [1.165, 1.54) is 12.0 Å². The number of hydrogen-bond acceptors (Lipinski definition) is 6. The minimum Gasteiger partial charge on any atom is -0.479 e. The van der Waals surface area contributed by atoms with Crippen LogP contribution in [0.15, 0.2) is 18.2 Å². The largest absolute Gasteiger partial charge is 0.479 e. The van der Waals surface area contributed by atoms with Gasteiger partial charge < -0.3 is 25.7 Å². The average molecular weight is 465 g/mol. The van der Waals surface area contributed by atoms with E-state index < -0.39 is 24.1 Å². The minimum atomic E-state index is -2.27. The summed E-state index contributed by atoms with van der Waals surface area (Å²) >= 11 is 12.2. The van der Waals surface area contributed by atoms with Gasteiger partial charge in [0, 0.05) is 29.7 Å². The van der Waals surface area contributed by atoms with Crippen LogP contribution >= 0.6 is 23.2 Å². The summed E-state index contributed by atoms with van der Waals surface area (Å²) in [6, 6.07) is 5.83. The van der Waals surface area contributed by atoms with Gasteiger partial charge in [0.1, 0.15) is 0 Å². The van der Waals surface area contributed by atoms with Gasteiger partial charge in [0.2, 0.25) is 0 Å². The molecule has 2 rings (SSSR count). The molecule has 0 aromatic heterocycles. The Morgan fingerprint density at radius 1 is 1.10 bits per heavy atom. The third-order valence-corrected chi connectivity index (χ3v) is 4.87. The Morgan fingerprint density at radius 3 is 2.03 bits per heavy atom. The lowest BCUT2D eigenvalue weighted by Crippen LogP contribution is -2.39. The third-order valence-electron chi connectivity index (χ3n) is 4.44. The van der Waals surface area contributed by atoms with Crippen LogP contribution in [-0.2, 0) is 16.1 Å². The molecule has 1 aliphatic heterocycles. The predicted octanol–water partition coefficient (Wildman–Crippen LogP) is 1.94. The van der Waals surface area contributed by atoms with Gasteiger partial charge in [-0.2, -0.15) is 0 Å². The van der Waals surface area contributed by atoms with Gasteiger partial charge in [0.15, 0.2) is 12.2 Å². The summed E-state index contributed by atoms with van der Waals surface area (Å²) in [4.78, 5) is 22.1. The highest BCUT2D eigenvalue weighted by Gasteiger charge is 2.29. The highest BCUT2D eigenvalue weighted by atomic mass is 35.5. The van der Waals surface area contributed by atoms with Crippen LogP contribution in [0.2, 0.25) is 10.0 Å². The highest BCUT2D eigenvalue weighted by Crippen LogP contribution is 2.21. The molecule has 10 heteroatoms. The van der Waals surface area contributed by atoms with E-state index in [-0.39, 0.29) is 0 Å². The SMILES string of the molecule is CC(C)CN(Cc1cc(Cl)cc(Cl)c1)C[C@@H]1CCNC1.O=C(O)[C@H](O)[C@@H](O)C(=O)O. The summed E-state index contributed by atoms with van der Waals surface area (Å²) in [6.45, 7) is 10.0. The van der Waals surface area contributed by atoms with Crippen molar-refractivity contribution in [1.29, 1.82) is 0 Å². The molecule has 1 heterocycles. The van der Waals surface area contributed by atoms with Gasteiger partial charge in [-0.05, 0) is 55.1 Å². The molecule has 1 aromatic carbocycles. The Balaban J connectivity index is 0.000000382. The number of carboxylic acids is 2. The van der Waals surface area contributed by atoms with E-state index in [4.69, 9.17) is 43.6 Å². The number of aliphatic hydroxyl groups excluding tert-OH is 2. The van der Waals surface area contributed by atoms with Gasteiger partial charge in [-0.1, -0.05) is 37.0 Å². The molecule has 1 aliphatic rings. The molecular formula is C20H30Cl2N2O6. The van der Waals surface area contributed by atoms with E-state index in [9.17, 15) is 9.59 Å². The fraction of sp³-hybridized carbons (Fsp3) is 0.600. The van der Waals surface area contributed by atoms with Crippen molar-refractivity contribution in [3.63, 3.8) is 0 Å². The first-order valence-electron chi connectivity index (χ1n) is 9.69. The van der Waals surface area contributed by atoms with Gasteiger partial charge in [0.05, 0.1) is 0 Å². The lowest BCUT2D eigenvalue weighted by Gasteiger charge is -2.27. The van der Waals surface area contributed by atoms with Crippen molar-refractivity contribution in [2.24, 2.45) is 11.8 Å². The summed E-state index contributed by atoms with van der Waals surface area (Å²) in [6.07, 6.45) is -3.25. The summed E-state index contributed by atoms with van der Waals surface area (Å²) in [7, 11) is 0. The number of nitrogens with zero attached hydrogens (tertiary/aromatic N) is 1. The minimum absolute atomic E-state index is 0.666. The molecule has 0 amide bonds. The van der Waals surface area contributed by atoms with E-state index in [1.54, 1.807) is 6.07 Å². The molecule has 0 unspecified atom stereocenters. The van der Waals surface area contributed by atoms with Crippen LogP contribution in [0.4, 0.5) is 0 Å². The number of carbonyl (C=O) groups is 2. The van der Waals surface area contributed by atoms with Crippen molar-refractivity contribution in [3.8, 4) is 0 Å². The number of rotatable bonds is 9. The monoisotopic (exact) mass is 464 g/mol. The van der Waals surface area contributed by atoms with E-state index in [0.717, 1.165) is 48.7 Å². The molecule has 0 aliphatic carbocycles. The van der Waals surface area contributed by atoms with Gasteiger partial charge >= 0.3 is 11.9 Å². The quantitative estimate of drug-likeness (QED) is 0.374. The molecule has 1 saturated heterocycles. The lowest BCUT2D eigenvalue weighted by atomic mass is 10.1. The number of carboxylic acid groups (broad SMARTS) is 2. The zero-order valence-electron chi connectivity index (χ0n) is 17.1. The molecule has 0 radical (unpaired) electrons. The van der Waals surface area contributed by atoms with E-state index in [0.29, 0.717) is 5.92 Å². The van der Waals surface area contributed by atoms with E-state index >= 15 is 0 Å². The molecule has 0 saturated carbocycles. The van der Waals surface area contributed by atoms with Gasteiger partial charge in [-0.3, -0.25) is 4.90 Å². The van der Waals surface area contributed by atoms with Crippen LogP contribution in [0.5, 0.6) is 0 Å². The normalized spacial score (nSPS) is 18.1.